The van der Waals surface area contributed by atoms with Crippen molar-refractivity contribution >= 4 is 22.6 Å². The maximum absolute atomic E-state index is 12.3. The van der Waals surface area contributed by atoms with E-state index in [2.05, 4.69) is 10.4 Å². The lowest BCUT2D eigenvalue weighted by molar-refractivity contribution is -0.128. The molecule has 1 aromatic carbocycles. The van der Waals surface area contributed by atoms with Gasteiger partial charge in [0.2, 0.25) is 0 Å². The van der Waals surface area contributed by atoms with Crippen LogP contribution in [0.3, 0.4) is 0 Å². The fourth-order valence-corrected chi connectivity index (χ4v) is 2.04. The number of amides is 1. The second-order valence-corrected chi connectivity index (χ2v) is 4.77. The Morgan fingerprint density at radius 3 is 2.59 bits per heavy atom. The highest BCUT2D eigenvalue weighted by Crippen LogP contribution is 2.14. The van der Waals surface area contributed by atoms with Crippen LogP contribution in [0.2, 0.25) is 0 Å². The molecule has 1 atom stereocenters. The molecule has 7 heteroatoms. The van der Waals surface area contributed by atoms with E-state index < -0.39 is 12.1 Å². The molecular formula is C15H17N3O4. The van der Waals surface area contributed by atoms with E-state index in [1.807, 2.05) is 0 Å². The Bertz CT molecular complexity index is 782. The van der Waals surface area contributed by atoms with Gasteiger partial charge < -0.3 is 10.1 Å². The van der Waals surface area contributed by atoms with Crippen LogP contribution in [-0.2, 0) is 16.6 Å². The number of benzene rings is 1. The van der Waals surface area contributed by atoms with E-state index in [-0.39, 0.29) is 17.2 Å². The van der Waals surface area contributed by atoms with Gasteiger partial charge in [-0.2, -0.15) is 5.10 Å². The van der Waals surface area contributed by atoms with E-state index in [1.165, 1.54) is 14.0 Å². The van der Waals surface area contributed by atoms with E-state index in [1.54, 1.807) is 31.2 Å². The molecule has 2 aromatic rings. The average molecular weight is 303 g/mol. The van der Waals surface area contributed by atoms with E-state index in [4.69, 9.17) is 4.74 Å². The number of esters is 1. The predicted octanol–water partition coefficient (Wildman–Crippen LogP) is 0.615. The third-order valence-electron chi connectivity index (χ3n) is 3.15. The van der Waals surface area contributed by atoms with Crippen molar-refractivity contribution in [3.05, 3.63) is 40.3 Å². The fourth-order valence-electron chi connectivity index (χ4n) is 2.04. The highest BCUT2D eigenvalue weighted by atomic mass is 16.5. The van der Waals surface area contributed by atoms with Crippen molar-refractivity contribution in [2.45, 2.75) is 20.0 Å². The van der Waals surface area contributed by atoms with Crippen LogP contribution in [0.4, 0.5) is 0 Å². The second kappa shape index (κ2) is 6.38. The number of nitrogens with zero attached hydrogens (tertiary/aromatic N) is 2. The summed E-state index contributed by atoms with van der Waals surface area (Å²) in [5.74, 6) is -1.13. The summed E-state index contributed by atoms with van der Waals surface area (Å²) in [6.07, 6.45) is -0.940. The molecule has 0 aliphatic carbocycles. The Balaban J connectivity index is 2.39. The van der Waals surface area contributed by atoms with Crippen molar-refractivity contribution in [1.82, 2.24) is 15.1 Å². The lowest BCUT2D eigenvalue weighted by Gasteiger charge is -2.13. The lowest BCUT2D eigenvalue weighted by Crippen LogP contribution is -2.36. The number of carbonyl (C=O) groups is 2. The number of rotatable bonds is 4. The predicted molar refractivity (Wildman–Crippen MR) is 80.5 cm³/mol. The molecule has 22 heavy (non-hydrogen) atoms. The Morgan fingerprint density at radius 1 is 1.32 bits per heavy atom. The van der Waals surface area contributed by atoms with Crippen LogP contribution in [0.1, 0.15) is 24.3 Å². The van der Waals surface area contributed by atoms with Crippen molar-refractivity contribution in [2.75, 3.05) is 6.54 Å². The normalized spacial score (nSPS) is 12.0. The Kier molecular flexibility index (Phi) is 4.55. The van der Waals surface area contributed by atoms with Gasteiger partial charge in [-0.05, 0) is 19.9 Å². The first-order valence-electron chi connectivity index (χ1n) is 6.90. The number of hydrogen-bond donors (Lipinski definition) is 1. The number of aromatic nitrogens is 2. The number of hydrogen-bond acceptors (Lipinski definition) is 5. The first-order valence-corrected chi connectivity index (χ1v) is 6.90. The zero-order valence-electron chi connectivity index (χ0n) is 12.6. The van der Waals surface area contributed by atoms with Gasteiger partial charge in [0.15, 0.2) is 11.8 Å². The molecule has 1 aromatic heterocycles. The van der Waals surface area contributed by atoms with Crippen LogP contribution in [0.25, 0.3) is 10.8 Å². The Morgan fingerprint density at radius 2 is 1.95 bits per heavy atom. The number of ether oxygens (including phenoxy) is 1. The van der Waals surface area contributed by atoms with Gasteiger partial charge in [0.25, 0.3) is 11.5 Å². The summed E-state index contributed by atoms with van der Waals surface area (Å²) < 4.78 is 6.20. The first-order chi connectivity index (χ1) is 10.5. The van der Waals surface area contributed by atoms with Gasteiger partial charge in [-0.15, -0.1) is 0 Å². The average Bonchev–Trinajstić information content (AvgIpc) is 2.51. The van der Waals surface area contributed by atoms with Crippen molar-refractivity contribution in [3.8, 4) is 0 Å². The minimum absolute atomic E-state index is 0.00819. The van der Waals surface area contributed by atoms with Crippen molar-refractivity contribution in [1.29, 1.82) is 0 Å². The number of aryl methyl sites for hydroxylation is 1. The van der Waals surface area contributed by atoms with Crippen LogP contribution >= 0.6 is 0 Å². The van der Waals surface area contributed by atoms with Gasteiger partial charge in [-0.1, -0.05) is 18.2 Å². The monoisotopic (exact) mass is 303 g/mol. The molecule has 1 unspecified atom stereocenters. The molecule has 1 amide bonds. The van der Waals surface area contributed by atoms with E-state index in [0.717, 1.165) is 4.68 Å². The summed E-state index contributed by atoms with van der Waals surface area (Å²) in [5.41, 5.74) is -0.294. The van der Waals surface area contributed by atoms with Gasteiger partial charge in [-0.3, -0.25) is 9.59 Å². The summed E-state index contributed by atoms with van der Waals surface area (Å²) in [7, 11) is 1.46. The lowest BCUT2D eigenvalue weighted by atomic mass is 10.1. The molecule has 7 nitrogen and oxygen atoms in total. The molecule has 0 aliphatic rings. The van der Waals surface area contributed by atoms with Crippen LogP contribution < -0.4 is 10.9 Å². The van der Waals surface area contributed by atoms with Gasteiger partial charge in [0.1, 0.15) is 0 Å². The van der Waals surface area contributed by atoms with Crippen molar-refractivity contribution < 1.29 is 14.3 Å². The molecule has 0 spiro atoms. The third-order valence-corrected chi connectivity index (χ3v) is 3.15. The smallest absolute Gasteiger partial charge is 0.360 e. The molecule has 1 heterocycles. The zero-order valence-corrected chi connectivity index (χ0v) is 12.6. The maximum Gasteiger partial charge on any atom is 0.360 e. The van der Waals surface area contributed by atoms with Crippen LogP contribution in [0.5, 0.6) is 0 Å². The number of fused-ring (bicyclic) bond motifs is 1. The molecular weight excluding hydrogens is 286 g/mol. The van der Waals surface area contributed by atoms with Crippen molar-refractivity contribution in [3.63, 3.8) is 0 Å². The standard InChI is InChI=1S/C15H17N3O4/c1-4-16-13(19)9(2)22-15(21)12-10-7-5-6-8-11(10)14(20)18(3)17-12/h5-9H,4H2,1-3H3,(H,16,19). The van der Waals surface area contributed by atoms with Crippen molar-refractivity contribution in [2.24, 2.45) is 7.05 Å². The summed E-state index contributed by atoms with van der Waals surface area (Å²) in [4.78, 5) is 35.9. The highest BCUT2D eigenvalue weighted by Gasteiger charge is 2.22. The van der Waals surface area contributed by atoms with Gasteiger partial charge in [0, 0.05) is 19.0 Å². The van der Waals surface area contributed by atoms with Crippen LogP contribution in [-0.4, -0.2) is 34.3 Å². The molecule has 0 saturated heterocycles. The SMILES string of the molecule is CCNC(=O)C(C)OC(=O)c1nn(C)c(=O)c2ccccc12. The first kappa shape index (κ1) is 15.7. The molecule has 116 valence electrons. The minimum atomic E-state index is -0.940. The van der Waals surface area contributed by atoms with Crippen LogP contribution in [0.15, 0.2) is 29.1 Å². The van der Waals surface area contributed by atoms with Gasteiger partial charge in [0.05, 0.1) is 5.39 Å². The Hall–Kier alpha value is -2.70. The highest BCUT2D eigenvalue weighted by molar-refractivity contribution is 6.02. The fraction of sp³-hybridized carbons (Fsp3) is 0.333. The quantitative estimate of drug-likeness (QED) is 0.836. The topological polar surface area (TPSA) is 90.3 Å². The van der Waals surface area contributed by atoms with Crippen LogP contribution in [0, 0.1) is 0 Å². The second-order valence-electron chi connectivity index (χ2n) is 4.77. The summed E-state index contributed by atoms with van der Waals surface area (Å²) >= 11 is 0. The summed E-state index contributed by atoms with van der Waals surface area (Å²) in [6.45, 7) is 3.70. The van der Waals surface area contributed by atoms with Gasteiger partial charge in [-0.25, -0.2) is 9.48 Å². The van der Waals surface area contributed by atoms with E-state index in [9.17, 15) is 14.4 Å². The largest absolute Gasteiger partial charge is 0.448 e. The summed E-state index contributed by atoms with van der Waals surface area (Å²) in [5, 5.41) is 7.30. The summed E-state index contributed by atoms with van der Waals surface area (Å²) in [6, 6.07) is 6.64. The third kappa shape index (κ3) is 2.98. The van der Waals surface area contributed by atoms with E-state index in [0.29, 0.717) is 17.3 Å². The molecule has 0 radical (unpaired) electrons. The number of nitrogens with one attached hydrogen (secondary N) is 1. The van der Waals surface area contributed by atoms with E-state index >= 15 is 0 Å². The molecule has 0 fully saturated rings. The molecule has 0 aliphatic heterocycles. The maximum atomic E-state index is 12.3. The number of likely N-dealkylation sites (N-methyl/N-ethyl adjacent to an activating group) is 1. The zero-order chi connectivity index (χ0) is 16.3. The molecule has 0 saturated carbocycles. The Labute approximate surface area is 126 Å². The minimum Gasteiger partial charge on any atom is -0.448 e. The molecule has 1 N–H and O–H groups in total. The molecule has 2 rings (SSSR count). The number of carbonyl (C=O) groups excluding carboxylic acids is 2. The van der Waals surface area contributed by atoms with Gasteiger partial charge >= 0.3 is 5.97 Å². The molecule has 0 bridgehead atoms.